The molecule has 3 rings (SSSR count). The molecular weight excluding hydrogens is 492 g/mol. The second-order valence-corrected chi connectivity index (χ2v) is 10.5. The molecular formula is C32H40N2O3S. The standard InChI is InChI=1S/C32H40N2O3S/c1-3-5-6-10-23-33-32(36)34(24-12-16-26-14-8-7-9-15-26)27-19-21-29(22-20-27)38-30-18-11-17-28(25-30)37-31(35)13-4-2/h7-9,11,14-15,17-22,25H,3-6,10,12-13,16,23-24H2,1-2H3,(H,33,36). The van der Waals surface area contributed by atoms with Gasteiger partial charge in [-0.2, -0.15) is 0 Å². The van der Waals surface area contributed by atoms with Gasteiger partial charge in [-0.05, 0) is 73.7 Å². The third-order valence-corrected chi connectivity index (χ3v) is 7.11. The van der Waals surface area contributed by atoms with Crippen LogP contribution in [0.3, 0.4) is 0 Å². The van der Waals surface area contributed by atoms with E-state index in [1.165, 1.54) is 18.4 Å². The monoisotopic (exact) mass is 532 g/mol. The lowest BCUT2D eigenvalue weighted by atomic mass is 10.1. The van der Waals surface area contributed by atoms with Gasteiger partial charge in [0.05, 0.1) is 0 Å². The molecule has 6 heteroatoms. The SMILES string of the molecule is CCCCCCNC(=O)N(CCCc1ccccc1)c1ccc(Sc2cccc(OC(=O)CCC)c2)cc1. The van der Waals surface area contributed by atoms with Crippen molar-refractivity contribution in [1.82, 2.24) is 5.32 Å². The second kappa shape index (κ2) is 16.6. The molecule has 0 fully saturated rings. The van der Waals surface area contributed by atoms with E-state index < -0.39 is 0 Å². The average Bonchev–Trinajstić information content (AvgIpc) is 2.92. The predicted molar refractivity (Wildman–Crippen MR) is 157 cm³/mol. The van der Waals surface area contributed by atoms with Gasteiger partial charge in [-0.25, -0.2) is 4.79 Å². The molecule has 0 bridgehead atoms. The van der Waals surface area contributed by atoms with Crippen molar-refractivity contribution in [3.05, 3.63) is 84.4 Å². The number of urea groups is 1. The second-order valence-electron chi connectivity index (χ2n) is 9.33. The summed E-state index contributed by atoms with van der Waals surface area (Å²) in [6, 6.07) is 26.0. The maximum Gasteiger partial charge on any atom is 0.321 e. The molecule has 202 valence electrons. The van der Waals surface area contributed by atoms with Gasteiger partial charge in [0.1, 0.15) is 5.75 Å². The highest BCUT2D eigenvalue weighted by atomic mass is 32.2. The highest BCUT2D eigenvalue weighted by Gasteiger charge is 2.15. The van der Waals surface area contributed by atoms with Crippen LogP contribution in [0.25, 0.3) is 0 Å². The molecule has 5 nitrogen and oxygen atoms in total. The highest BCUT2D eigenvalue weighted by molar-refractivity contribution is 7.99. The molecule has 0 saturated carbocycles. The summed E-state index contributed by atoms with van der Waals surface area (Å²) in [5.41, 5.74) is 2.16. The number of rotatable bonds is 15. The van der Waals surface area contributed by atoms with Crippen LogP contribution in [0.5, 0.6) is 5.75 Å². The number of benzene rings is 3. The van der Waals surface area contributed by atoms with E-state index in [1.807, 2.05) is 60.4 Å². The average molecular weight is 533 g/mol. The van der Waals surface area contributed by atoms with Crippen molar-refractivity contribution in [2.75, 3.05) is 18.0 Å². The lowest BCUT2D eigenvalue weighted by molar-refractivity contribution is -0.134. The van der Waals surface area contributed by atoms with E-state index in [0.717, 1.165) is 47.6 Å². The number of ether oxygens (including phenoxy) is 1. The van der Waals surface area contributed by atoms with Crippen molar-refractivity contribution >= 4 is 29.4 Å². The fourth-order valence-electron chi connectivity index (χ4n) is 4.09. The summed E-state index contributed by atoms with van der Waals surface area (Å²) in [7, 11) is 0. The van der Waals surface area contributed by atoms with Gasteiger partial charge in [0, 0.05) is 35.0 Å². The Labute approximate surface area is 232 Å². The quantitative estimate of drug-likeness (QED) is 0.122. The fourth-order valence-corrected chi connectivity index (χ4v) is 4.96. The van der Waals surface area contributed by atoms with Crippen molar-refractivity contribution in [3.63, 3.8) is 0 Å². The summed E-state index contributed by atoms with van der Waals surface area (Å²) in [6.45, 7) is 5.49. The number of amides is 2. The number of unbranched alkanes of at least 4 members (excludes halogenated alkanes) is 3. The molecule has 0 aliphatic carbocycles. The molecule has 0 aliphatic rings. The zero-order valence-corrected chi connectivity index (χ0v) is 23.5. The fraction of sp³-hybridized carbons (Fsp3) is 0.375. The molecule has 3 aromatic carbocycles. The van der Waals surface area contributed by atoms with Crippen molar-refractivity contribution in [2.45, 2.75) is 75.0 Å². The topological polar surface area (TPSA) is 58.6 Å². The molecule has 0 radical (unpaired) electrons. The number of esters is 1. The van der Waals surface area contributed by atoms with Crippen molar-refractivity contribution in [3.8, 4) is 5.75 Å². The van der Waals surface area contributed by atoms with Crippen LogP contribution in [0.4, 0.5) is 10.5 Å². The van der Waals surface area contributed by atoms with Crippen LogP contribution in [-0.2, 0) is 11.2 Å². The number of hydrogen-bond acceptors (Lipinski definition) is 4. The molecule has 2 amide bonds. The summed E-state index contributed by atoms with van der Waals surface area (Å²) >= 11 is 1.60. The number of carbonyl (C=O) groups is 2. The zero-order chi connectivity index (χ0) is 27.0. The first kappa shape index (κ1) is 29.3. The van der Waals surface area contributed by atoms with Crippen molar-refractivity contribution in [2.24, 2.45) is 0 Å². The molecule has 38 heavy (non-hydrogen) atoms. The zero-order valence-electron chi connectivity index (χ0n) is 22.7. The number of aryl methyl sites for hydroxylation is 1. The first-order chi connectivity index (χ1) is 18.6. The molecule has 0 aromatic heterocycles. The van der Waals surface area contributed by atoms with Gasteiger partial charge in [-0.3, -0.25) is 9.69 Å². The molecule has 3 aromatic rings. The Morgan fingerprint density at radius 3 is 2.34 bits per heavy atom. The third-order valence-electron chi connectivity index (χ3n) is 6.12. The van der Waals surface area contributed by atoms with Crippen LogP contribution < -0.4 is 15.0 Å². The third kappa shape index (κ3) is 10.3. The van der Waals surface area contributed by atoms with Gasteiger partial charge in [-0.1, -0.05) is 81.3 Å². The van der Waals surface area contributed by atoms with E-state index in [9.17, 15) is 9.59 Å². The number of anilines is 1. The van der Waals surface area contributed by atoms with Crippen LogP contribution in [0.15, 0.2) is 88.7 Å². The normalized spacial score (nSPS) is 10.7. The highest BCUT2D eigenvalue weighted by Crippen LogP contribution is 2.31. The van der Waals surface area contributed by atoms with Gasteiger partial charge in [0.15, 0.2) is 0 Å². The summed E-state index contributed by atoms with van der Waals surface area (Å²) < 4.78 is 5.43. The molecule has 0 unspecified atom stereocenters. The van der Waals surface area contributed by atoms with Crippen molar-refractivity contribution < 1.29 is 14.3 Å². The predicted octanol–water partition coefficient (Wildman–Crippen LogP) is 8.27. The number of carbonyl (C=O) groups excluding carboxylic acids is 2. The first-order valence-electron chi connectivity index (χ1n) is 13.8. The number of hydrogen-bond donors (Lipinski definition) is 1. The van der Waals surface area contributed by atoms with Gasteiger partial charge in [0.25, 0.3) is 0 Å². The molecule has 0 heterocycles. The van der Waals surface area contributed by atoms with E-state index in [0.29, 0.717) is 25.3 Å². The van der Waals surface area contributed by atoms with Crippen LogP contribution in [0.2, 0.25) is 0 Å². The lowest BCUT2D eigenvalue weighted by Gasteiger charge is -2.24. The Hall–Kier alpha value is -3.25. The first-order valence-corrected chi connectivity index (χ1v) is 14.6. The van der Waals surface area contributed by atoms with Crippen LogP contribution in [0, 0.1) is 0 Å². The summed E-state index contributed by atoms with van der Waals surface area (Å²) in [4.78, 5) is 28.9. The van der Waals surface area contributed by atoms with E-state index >= 15 is 0 Å². The van der Waals surface area contributed by atoms with Crippen molar-refractivity contribution in [1.29, 1.82) is 0 Å². The van der Waals surface area contributed by atoms with Crippen LogP contribution >= 0.6 is 11.8 Å². The lowest BCUT2D eigenvalue weighted by Crippen LogP contribution is -2.41. The largest absolute Gasteiger partial charge is 0.426 e. The van der Waals surface area contributed by atoms with Gasteiger partial charge >= 0.3 is 12.0 Å². The molecule has 1 N–H and O–H groups in total. The van der Waals surface area contributed by atoms with E-state index in [-0.39, 0.29) is 12.0 Å². The minimum Gasteiger partial charge on any atom is -0.426 e. The number of nitrogens with zero attached hydrogens (tertiary/aromatic N) is 1. The summed E-state index contributed by atoms with van der Waals surface area (Å²) in [6.07, 6.45) is 7.49. The summed E-state index contributed by atoms with van der Waals surface area (Å²) in [5, 5.41) is 3.11. The van der Waals surface area contributed by atoms with Gasteiger partial charge in [0.2, 0.25) is 0 Å². The minimum absolute atomic E-state index is 0.0449. The molecule has 0 aliphatic heterocycles. The minimum atomic E-state index is -0.213. The van der Waals surface area contributed by atoms with Gasteiger partial charge in [-0.15, -0.1) is 0 Å². The Kier molecular flexibility index (Phi) is 12.8. The van der Waals surface area contributed by atoms with Gasteiger partial charge < -0.3 is 10.1 Å². The Balaban J connectivity index is 1.64. The molecule has 0 atom stereocenters. The smallest absolute Gasteiger partial charge is 0.321 e. The van der Waals surface area contributed by atoms with Crippen LogP contribution in [-0.4, -0.2) is 25.1 Å². The maximum atomic E-state index is 13.1. The van der Waals surface area contributed by atoms with E-state index in [1.54, 1.807) is 17.8 Å². The Morgan fingerprint density at radius 1 is 0.816 bits per heavy atom. The number of nitrogens with one attached hydrogen (secondary N) is 1. The van der Waals surface area contributed by atoms with E-state index in [2.05, 4.69) is 36.5 Å². The molecule has 0 saturated heterocycles. The molecule has 0 spiro atoms. The van der Waals surface area contributed by atoms with Crippen LogP contribution in [0.1, 0.15) is 64.4 Å². The Morgan fingerprint density at radius 2 is 1.61 bits per heavy atom. The Bertz CT molecular complexity index is 1120. The van der Waals surface area contributed by atoms with E-state index in [4.69, 9.17) is 4.74 Å². The maximum absolute atomic E-state index is 13.1. The summed E-state index contributed by atoms with van der Waals surface area (Å²) in [5.74, 6) is 0.347.